The zero-order valence-corrected chi connectivity index (χ0v) is 11.6. The zero-order valence-electron chi connectivity index (χ0n) is 11.6. The summed E-state index contributed by atoms with van der Waals surface area (Å²) < 4.78 is 0. The van der Waals surface area contributed by atoms with Crippen molar-refractivity contribution < 1.29 is 0 Å². The minimum atomic E-state index is 0.933. The van der Waals surface area contributed by atoms with E-state index in [1.807, 2.05) is 0 Å². The quantitative estimate of drug-likeness (QED) is 0.769. The molecule has 0 fully saturated rings. The van der Waals surface area contributed by atoms with E-state index in [0.717, 1.165) is 37.2 Å². The standard InChI is InChI=1S/C16H24N2/c1-5-17-14(3)10-11-16-9-7-6-8-13(2)12-15(4)18-16/h6,8-9,12,17-18H,3-5,7,10-11H2,1-2H3/b8-6-,13-12-,16-9-. The maximum absolute atomic E-state index is 4.02. The van der Waals surface area contributed by atoms with Crippen molar-refractivity contribution in [1.82, 2.24) is 10.6 Å². The van der Waals surface area contributed by atoms with Gasteiger partial charge in [-0.1, -0.05) is 31.4 Å². The van der Waals surface area contributed by atoms with Gasteiger partial charge in [0.05, 0.1) is 0 Å². The predicted molar refractivity (Wildman–Crippen MR) is 79.9 cm³/mol. The molecule has 0 saturated heterocycles. The molecule has 1 heterocycles. The number of rotatable bonds is 5. The first-order valence-corrected chi connectivity index (χ1v) is 6.53. The molecule has 1 aliphatic rings. The molecule has 0 amide bonds. The Morgan fingerprint density at radius 3 is 3.00 bits per heavy atom. The van der Waals surface area contributed by atoms with Gasteiger partial charge in [-0.25, -0.2) is 0 Å². The van der Waals surface area contributed by atoms with Crippen LogP contribution in [0.25, 0.3) is 0 Å². The van der Waals surface area contributed by atoms with Crippen molar-refractivity contribution >= 4 is 0 Å². The third-order valence-corrected chi connectivity index (χ3v) is 2.73. The summed E-state index contributed by atoms with van der Waals surface area (Å²) in [6.07, 6.45) is 11.4. The largest absolute Gasteiger partial charge is 0.389 e. The molecular weight excluding hydrogens is 220 g/mol. The van der Waals surface area contributed by atoms with E-state index in [2.05, 4.69) is 61.9 Å². The van der Waals surface area contributed by atoms with Crippen LogP contribution in [0.4, 0.5) is 0 Å². The molecule has 0 unspecified atom stereocenters. The second-order valence-electron chi connectivity index (χ2n) is 4.54. The second kappa shape index (κ2) is 7.59. The van der Waals surface area contributed by atoms with Gasteiger partial charge in [0.15, 0.2) is 0 Å². The maximum atomic E-state index is 4.02. The highest BCUT2D eigenvalue weighted by atomic mass is 14.9. The summed E-state index contributed by atoms with van der Waals surface area (Å²) in [6, 6.07) is 0. The van der Waals surface area contributed by atoms with Crippen LogP contribution in [0.5, 0.6) is 0 Å². The van der Waals surface area contributed by atoms with E-state index in [1.165, 1.54) is 11.3 Å². The molecular formula is C16H24N2. The van der Waals surface area contributed by atoms with Gasteiger partial charge in [-0.2, -0.15) is 0 Å². The van der Waals surface area contributed by atoms with Crippen LogP contribution in [0.15, 0.2) is 60.1 Å². The highest BCUT2D eigenvalue weighted by Gasteiger charge is 2.01. The van der Waals surface area contributed by atoms with E-state index < -0.39 is 0 Å². The summed E-state index contributed by atoms with van der Waals surface area (Å²) in [5.41, 5.74) is 4.47. The summed E-state index contributed by atoms with van der Waals surface area (Å²) in [7, 11) is 0. The number of hydrogen-bond donors (Lipinski definition) is 2. The van der Waals surface area contributed by atoms with Crippen molar-refractivity contribution in [1.29, 1.82) is 0 Å². The summed E-state index contributed by atoms with van der Waals surface area (Å²) >= 11 is 0. The zero-order chi connectivity index (χ0) is 13.4. The molecule has 0 atom stereocenters. The molecule has 2 heteroatoms. The molecule has 0 saturated carbocycles. The molecule has 98 valence electrons. The van der Waals surface area contributed by atoms with Crippen molar-refractivity contribution in [3.05, 3.63) is 60.1 Å². The van der Waals surface area contributed by atoms with Crippen LogP contribution in [-0.4, -0.2) is 6.54 Å². The lowest BCUT2D eigenvalue weighted by atomic mass is 10.1. The molecule has 1 rings (SSSR count). The number of hydrogen-bond acceptors (Lipinski definition) is 2. The topological polar surface area (TPSA) is 24.1 Å². The molecule has 0 radical (unpaired) electrons. The minimum absolute atomic E-state index is 0.933. The van der Waals surface area contributed by atoms with Gasteiger partial charge < -0.3 is 10.6 Å². The van der Waals surface area contributed by atoms with Gasteiger partial charge in [0.25, 0.3) is 0 Å². The third-order valence-electron chi connectivity index (χ3n) is 2.73. The number of nitrogens with one attached hydrogen (secondary N) is 2. The van der Waals surface area contributed by atoms with Crippen molar-refractivity contribution in [2.75, 3.05) is 6.54 Å². The maximum Gasteiger partial charge on any atom is 0.0311 e. The third kappa shape index (κ3) is 5.58. The summed E-state index contributed by atoms with van der Waals surface area (Å²) in [6.45, 7) is 13.1. The molecule has 0 aromatic heterocycles. The van der Waals surface area contributed by atoms with Gasteiger partial charge >= 0.3 is 0 Å². The molecule has 1 aliphatic heterocycles. The van der Waals surface area contributed by atoms with Crippen molar-refractivity contribution in [3.8, 4) is 0 Å². The van der Waals surface area contributed by atoms with Gasteiger partial charge in [0.2, 0.25) is 0 Å². The summed E-state index contributed by atoms with van der Waals surface area (Å²) in [5, 5.41) is 6.61. The summed E-state index contributed by atoms with van der Waals surface area (Å²) in [5.74, 6) is 0. The van der Waals surface area contributed by atoms with E-state index in [4.69, 9.17) is 0 Å². The van der Waals surface area contributed by atoms with Crippen LogP contribution >= 0.6 is 0 Å². The molecule has 0 bridgehead atoms. The fourth-order valence-corrected chi connectivity index (χ4v) is 1.87. The Hall–Kier alpha value is -1.70. The first-order valence-electron chi connectivity index (χ1n) is 6.53. The molecule has 0 spiro atoms. The van der Waals surface area contributed by atoms with Crippen LogP contribution in [0.2, 0.25) is 0 Å². The second-order valence-corrected chi connectivity index (χ2v) is 4.54. The molecule has 0 aromatic rings. The number of allylic oxidation sites excluding steroid dienone is 7. The van der Waals surface area contributed by atoms with Crippen molar-refractivity contribution in [2.24, 2.45) is 0 Å². The Morgan fingerprint density at radius 1 is 1.50 bits per heavy atom. The van der Waals surface area contributed by atoms with E-state index in [-0.39, 0.29) is 0 Å². The van der Waals surface area contributed by atoms with Gasteiger partial charge in [-0.05, 0) is 44.8 Å². The average molecular weight is 244 g/mol. The van der Waals surface area contributed by atoms with E-state index in [1.54, 1.807) is 0 Å². The first-order chi connectivity index (χ1) is 8.61. The Balaban J connectivity index is 2.57. The van der Waals surface area contributed by atoms with Gasteiger partial charge in [0, 0.05) is 23.6 Å². The normalized spacial score (nSPS) is 23.3. The monoisotopic (exact) mass is 244 g/mol. The van der Waals surface area contributed by atoms with Crippen LogP contribution in [-0.2, 0) is 0 Å². The van der Waals surface area contributed by atoms with Gasteiger partial charge in [0.1, 0.15) is 0 Å². The highest BCUT2D eigenvalue weighted by molar-refractivity contribution is 5.30. The Kier molecular flexibility index (Phi) is 6.06. The minimum Gasteiger partial charge on any atom is -0.389 e. The molecule has 2 N–H and O–H groups in total. The SMILES string of the molecule is C=C1/C=C(C)\C=C/C/C=C(/CCC(=C)NCC)N1. The van der Waals surface area contributed by atoms with Crippen molar-refractivity contribution in [3.63, 3.8) is 0 Å². The lowest BCUT2D eigenvalue weighted by Crippen LogP contribution is -2.14. The smallest absolute Gasteiger partial charge is 0.0311 e. The Labute approximate surface area is 111 Å². The highest BCUT2D eigenvalue weighted by Crippen LogP contribution is 2.12. The fourth-order valence-electron chi connectivity index (χ4n) is 1.87. The Morgan fingerprint density at radius 2 is 2.28 bits per heavy atom. The Bertz CT molecular complexity index is 397. The average Bonchev–Trinajstić information content (AvgIpc) is 2.38. The van der Waals surface area contributed by atoms with Crippen molar-refractivity contribution in [2.45, 2.75) is 33.1 Å². The lowest BCUT2D eigenvalue weighted by molar-refractivity contribution is 0.750. The van der Waals surface area contributed by atoms with Crippen LogP contribution in [0, 0.1) is 0 Å². The first kappa shape index (κ1) is 14.4. The predicted octanol–water partition coefficient (Wildman–Crippen LogP) is 3.78. The molecule has 18 heavy (non-hydrogen) atoms. The molecule has 2 nitrogen and oxygen atoms in total. The van der Waals surface area contributed by atoms with Crippen LogP contribution in [0.1, 0.15) is 33.1 Å². The van der Waals surface area contributed by atoms with Gasteiger partial charge in [-0.15, -0.1) is 0 Å². The summed E-state index contributed by atoms with van der Waals surface area (Å²) in [4.78, 5) is 0. The van der Waals surface area contributed by atoms with Crippen LogP contribution in [0.3, 0.4) is 0 Å². The van der Waals surface area contributed by atoms with E-state index in [9.17, 15) is 0 Å². The molecule has 0 aliphatic carbocycles. The van der Waals surface area contributed by atoms with E-state index >= 15 is 0 Å². The van der Waals surface area contributed by atoms with E-state index in [0.29, 0.717) is 0 Å². The fraction of sp³-hybridized carbons (Fsp3) is 0.375. The molecule has 0 aromatic carbocycles. The van der Waals surface area contributed by atoms with Crippen LogP contribution < -0.4 is 10.6 Å². The lowest BCUT2D eigenvalue weighted by Gasteiger charge is -2.13. The van der Waals surface area contributed by atoms with Gasteiger partial charge in [-0.3, -0.25) is 0 Å².